The molecule has 0 unspecified atom stereocenters. The normalized spacial score (nSPS) is 11.4. The average molecular weight is 491 g/mol. The van der Waals surface area contributed by atoms with Crippen LogP contribution in [0.25, 0.3) is 33.4 Å². The molecule has 0 aliphatic carbocycles. The summed E-state index contributed by atoms with van der Waals surface area (Å²) in [7, 11) is 1.61. The Balaban J connectivity index is 1.56. The average Bonchev–Trinajstić information content (AvgIpc) is 2.93. The van der Waals surface area contributed by atoms with E-state index in [-0.39, 0.29) is 11.5 Å². The third-order valence-electron chi connectivity index (χ3n) is 6.00. The quantitative estimate of drug-likeness (QED) is 0.226. The first kappa shape index (κ1) is 23.9. The number of aromatic amines is 1. The molecular weight excluding hydrogens is 464 g/mol. The van der Waals surface area contributed by atoms with Crippen molar-refractivity contribution in [1.29, 1.82) is 0 Å². The van der Waals surface area contributed by atoms with E-state index in [1.165, 1.54) is 5.56 Å². The predicted molar refractivity (Wildman–Crippen MR) is 147 cm³/mol. The number of benzene rings is 2. The van der Waals surface area contributed by atoms with E-state index in [2.05, 4.69) is 51.5 Å². The molecule has 0 bridgehead atoms. The Morgan fingerprint density at radius 1 is 1.00 bits per heavy atom. The van der Waals surface area contributed by atoms with Crippen molar-refractivity contribution in [3.8, 4) is 28.1 Å². The van der Waals surface area contributed by atoms with Crippen LogP contribution in [0.2, 0.25) is 0 Å². The van der Waals surface area contributed by atoms with Crippen LogP contribution in [-0.4, -0.2) is 33.3 Å². The molecule has 37 heavy (non-hydrogen) atoms. The second-order valence-corrected chi connectivity index (χ2v) is 8.83. The number of anilines is 1. The summed E-state index contributed by atoms with van der Waals surface area (Å²) in [6, 6.07) is 21.3. The van der Waals surface area contributed by atoms with Gasteiger partial charge in [0, 0.05) is 23.5 Å². The maximum absolute atomic E-state index is 13.3. The highest BCUT2D eigenvalue weighted by molar-refractivity contribution is 5.95. The number of rotatable bonds is 7. The van der Waals surface area contributed by atoms with E-state index >= 15 is 0 Å². The van der Waals surface area contributed by atoms with Gasteiger partial charge in [0.2, 0.25) is 5.95 Å². The number of H-pyrrole nitrogens is 1. The molecule has 2 aromatic carbocycles. The highest BCUT2D eigenvalue weighted by Gasteiger charge is 2.15. The van der Waals surface area contributed by atoms with Crippen LogP contribution in [0, 0.1) is 0 Å². The van der Waals surface area contributed by atoms with Gasteiger partial charge >= 0.3 is 0 Å². The van der Waals surface area contributed by atoms with Crippen molar-refractivity contribution in [3.05, 3.63) is 101 Å². The summed E-state index contributed by atoms with van der Waals surface area (Å²) in [5.74, 6) is 1.34. The monoisotopic (exact) mass is 490 g/mol. The number of hydrogen-bond donors (Lipinski definition) is 2. The van der Waals surface area contributed by atoms with E-state index < -0.39 is 0 Å². The van der Waals surface area contributed by atoms with E-state index in [9.17, 15) is 4.79 Å². The molecular formula is C29H26N6O2. The maximum Gasteiger partial charge on any atom is 0.262 e. The Morgan fingerprint density at radius 2 is 1.81 bits per heavy atom. The molecule has 8 heteroatoms. The Kier molecular flexibility index (Phi) is 6.72. The van der Waals surface area contributed by atoms with Crippen LogP contribution in [0.5, 0.6) is 5.75 Å². The topological polar surface area (TPSA) is 105 Å². The van der Waals surface area contributed by atoms with Crippen LogP contribution < -0.4 is 15.7 Å². The second kappa shape index (κ2) is 10.4. The number of fused-ring (bicyclic) bond motifs is 1. The number of nitrogens with zero attached hydrogens (tertiary/aromatic N) is 4. The summed E-state index contributed by atoms with van der Waals surface area (Å²) in [4.78, 5) is 29.5. The van der Waals surface area contributed by atoms with E-state index in [1.807, 2.05) is 54.6 Å². The molecule has 0 radical (unpaired) electrons. The maximum atomic E-state index is 13.3. The summed E-state index contributed by atoms with van der Waals surface area (Å²) in [6.45, 7) is 4.31. The first-order chi connectivity index (χ1) is 18.0. The van der Waals surface area contributed by atoms with Gasteiger partial charge in [0.05, 0.1) is 24.4 Å². The SMILES string of the molecule is COc1cccc(-c2cc(-c3cccnc3)nc3nc(NN=Cc4ccc(C(C)C)cc4)[nH]c(=O)c23)c1. The molecule has 3 aromatic heterocycles. The lowest BCUT2D eigenvalue weighted by atomic mass is 10.0. The largest absolute Gasteiger partial charge is 0.497 e. The van der Waals surface area contributed by atoms with Crippen molar-refractivity contribution in [2.75, 3.05) is 12.5 Å². The van der Waals surface area contributed by atoms with Crippen molar-refractivity contribution >= 4 is 23.2 Å². The lowest BCUT2D eigenvalue weighted by Gasteiger charge is -2.11. The molecule has 8 nitrogen and oxygen atoms in total. The molecule has 0 saturated carbocycles. The van der Waals surface area contributed by atoms with Gasteiger partial charge in [0.25, 0.3) is 5.56 Å². The summed E-state index contributed by atoms with van der Waals surface area (Å²) < 4.78 is 5.40. The Bertz CT molecular complexity index is 1630. The summed E-state index contributed by atoms with van der Waals surface area (Å²) in [5, 5.41) is 4.63. The van der Waals surface area contributed by atoms with Crippen molar-refractivity contribution < 1.29 is 4.74 Å². The van der Waals surface area contributed by atoms with E-state index in [4.69, 9.17) is 9.72 Å². The van der Waals surface area contributed by atoms with Crippen LogP contribution in [0.15, 0.2) is 89.0 Å². The fraction of sp³-hybridized carbons (Fsp3) is 0.138. The molecule has 0 amide bonds. The summed E-state index contributed by atoms with van der Waals surface area (Å²) >= 11 is 0. The Labute approximate surface area is 214 Å². The van der Waals surface area contributed by atoms with Gasteiger partial charge in [0.1, 0.15) is 5.75 Å². The molecule has 3 heterocycles. The zero-order valence-electron chi connectivity index (χ0n) is 20.8. The lowest BCUT2D eigenvalue weighted by Crippen LogP contribution is -2.13. The molecule has 0 aliphatic rings. The molecule has 0 spiro atoms. The van der Waals surface area contributed by atoms with E-state index in [1.54, 1.807) is 25.7 Å². The van der Waals surface area contributed by atoms with Gasteiger partial charge in [-0.2, -0.15) is 10.1 Å². The fourth-order valence-electron chi connectivity index (χ4n) is 4.01. The third-order valence-corrected chi connectivity index (χ3v) is 6.00. The highest BCUT2D eigenvalue weighted by atomic mass is 16.5. The number of hydrogen-bond acceptors (Lipinski definition) is 7. The number of pyridine rings is 2. The number of hydrazone groups is 1. The van der Waals surface area contributed by atoms with Gasteiger partial charge in [-0.15, -0.1) is 0 Å². The number of nitrogens with one attached hydrogen (secondary N) is 2. The lowest BCUT2D eigenvalue weighted by molar-refractivity contribution is 0.415. The molecule has 184 valence electrons. The van der Waals surface area contributed by atoms with Crippen LogP contribution >= 0.6 is 0 Å². The fourth-order valence-corrected chi connectivity index (χ4v) is 4.01. The standard InChI is InChI=1S/C29H26N6O2/c1-18(2)20-11-9-19(10-12-20)16-31-35-29-33-27-26(28(36)34-29)24(21-6-4-8-23(14-21)37-3)15-25(32-27)22-7-5-13-30-17-22/h4-18H,1-3H3,(H2,32,33,34,35,36). The number of aromatic nitrogens is 4. The minimum atomic E-state index is -0.327. The van der Waals surface area contributed by atoms with Gasteiger partial charge < -0.3 is 4.74 Å². The van der Waals surface area contributed by atoms with Crippen molar-refractivity contribution in [2.24, 2.45) is 5.10 Å². The minimum absolute atomic E-state index is 0.194. The first-order valence-electron chi connectivity index (χ1n) is 11.9. The summed E-state index contributed by atoms with van der Waals surface area (Å²) in [5.41, 5.74) is 7.95. The van der Waals surface area contributed by atoms with Gasteiger partial charge in [-0.25, -0.2) is 10.4 Å². The smallest absolute Gasteiger partial charge is 0.262 e. The molecule has 0 aliphatic heterocycles. The van der Waals surface area contributed by atoms with Crippen molar-refractivity contribution in [3.63, 3.8) is 0 Å². The third kappa shape index (κ3) is 5.23. The Hall–Kier alpha value is -4.85. The van der Waals surface area contributed by atoms with E-state index in [0.29, 0.717) is 34.0 Å². The van der Waals surface area contributed by atoms with Crippen LogP contribution in [-0.2, 0) is 0 Å². The number of ether oxygens (including phenoxy) is 1. The van der Waals surface area contributed by atoms with Crippen LogP contribution in [0.1, 0.15) is 30.9 Å². The van der Waals surface area contributed by atoms with Crippen LogP contribution in [0.3, 0.4) is 0 Å². The Morgan fingerprint density at radius 3 is 2.54 bits per heavy atom. The van der Waals surface area contributed by atoms with Crippen molar-refractivity contribution in [1.82, 2.24) is 19.9 Å². The zero-order chi connectivity index (χ0) is 25.8. The summed E-state index contributed by atoms with van der Waals surface area (Å²) in [6.07, 6.45) is 5.10. The zero-order valence-corrected chi connectivity index (χ0v) is 20.8. The molecule has 0 fully saturated rings. The van der Waals surface area contributed by atoms with Gasteiger partial charge in [0.15, 0.2) is 5.65 Å². The molecule has 0 atom stereocenters. The first-order valence-corrected chi connectivity index (χ1v) is 11.9. The molecule has 5 aromatic rings. The van der Waals surface area contributed by atoms with Gasteiger partial charge in [-0.1, -0.05) is 50.2 Å². The number of methoxy groups -OCH3 is 1. The predicted octanol–water partition coefficient (Wildman–Crippen LogP) is 5.63. The van der Waals surface area contributed by atoms with Gasteiger partial charge in [-0.05, 0) is 52.9 Å². The second-order valence-electron chi connectivity index (χ2n) is 8.83. The molecule has 0 saturated heterocycles. The molecule has 5 rings (SSSR count). The van der Waals surface area contributed by atoms with Gasteiger partial charge in [-0.3, -0.25) is 14.8 Å². The highest BCUT2D eigenvalue weighted by Crippen LogP contribution is 2.31. The van der Waals surface area contributed by atoms with Crippen molar-refractivity contribution in [2.45, 2.75) is 19.8 Å². The minimum Gasteiger partial charge on any atom is -0.497 e. The molecule has 2 N–H and O–H groups in total. The van der Waals surface area contributed by atoms with Crippen LogP contribution in [0.4, 0.5) is 5.95 Å². The van der Waals surface area contributed by atoms with E-state index in [0.717, 1.165) is 16.7 Å².